The minimum Gasteiger partial charge on any atom is -0.335 e. The molecule has 0 spiro atoms. The predicted octanol–water partition coefficient (Wildman–Crippen LogP) is 2.39. The van der Waals surface area contributed by atoms with Gasteiger partial charge in [0.1, 0.15) is 0 Å². The zero-order valence-corrected chi connectivity index (χ0v) is 14.3. The highest BCUT2D eigenvalue weighted by atomic mass is 32.1. The van der Waals surface area contributed by atoms with Crippen LogP contribution in [-0.2, 0) is 0 Å². The predicted molar refractivity (Wildman–Crippen MR) is 96.0 cm³/mol. The third-order valence-electron chi connectivity index (χ3n) is 4.26. The molecule has 25 heavy (non-hydrogen) atoms. The number of anilines is 1. The van der Waals surface area contributed by atoms with Crippen molar-refractivity contribution in [1.29, 1.82) is 0 Å². The van der Waals surface area contributed by atoms with Crippen LogP contribution in [0.25, 0.3) is 5.52 Å². The first-order valence-corrected chi connectivity index (χ1v) is 8.91. The molecule has 1 N–H and O–H groups in total. The van der Waals surface area contributed by atoms with Crippen LogP contribution in [0.5, 0.6) is 0 Å². The van der Waals surface area contributed by atoms with Crippen molar-refractivity contribution < 1.29 is 9.59 Å². The fourth-order valence-electron chi connectivity index (χ4n) is 2.92. The number of nitrogens with zero attached hydrogens (tertiary/aromatic N) is 4. The molecule has 0 aromatic carbocycles. The Bertz CT molecular complexity index is 897. The minimum atomic E-state index is -0.120. The van der Waals surface area contributed by atoms with E-state index in [4.69, 9.17) is 0 Å². The Morgan fingerprint density at radius 3 is 2.60 bits per heavy atom. The maximum Gasteiger partial charge on any atom is 0.322 e. The van der Waals surface area contributed by atoms with Gasteiger partial charge < -0.3 is 9.80 Å². The first-order chi connectivity index (χ1) is 12.2. The van der Waals surface area contributed by atoms with E-state index in [0.717, 1.165) is 10.5 Å². The van der Waals surface area contributed by atoms with Gasteiger partial charge in [-0.05, 0) is 29.6 Å². The maximum absolute atomic E-state index is 12.8. The highest BCUT2D eigenvalue weighted by molar-refractivity contribution is 7.14. The van der Waals surface area contributed by atoms with Crippen LogP contribution in [0.15, 0.2) is 48.1 Å². The first kappa shape index (κ1) is 15.6. The fraction of sp³-hybridized carbons (Fsp3) is 0.235. The second kappa shape index (κ2) is 6.56. The standard InChI is InChI=1S/C17H17N5O2S/c23-16(13-12-18-22-6-2-1-4-14(13)22)20-7-9-21(10-8-20)17(24)19-15-5-3-11-25-15/h1-6,11-12H,7-10H2,(H,19,24). The Balaban J connectivity index is 1.40. The Labute approximate surface area is 148 Å². The van der Waals surface area contributed by atoms with E-state index < -0.39 is 0 Å². The summed E-state index contributed by atoms with van der Waals surface area (Å²) in [5, 5.41) is 9.84. The molecule has 0 saturated carbocycles. The summed E-state index contributed by atoms with van der Waals surface area (Å²) in [5.74, 6) is -0.0421. The molecule has 3 amide bonds. The quantitative estimate of drug-likeness (QED) is 0.767. The second-order valence-electron chi connectivity index (χ2n) is 5.78. The number of amides is 3. The van der Waals surface area contributed by atoms with Gasteiger partial charge in [0.05, 0.1) is 22.3 Å². The molecule has 0 bridgehead atoms. The van der Waals surface area contributed by atoms with Crippen molar-refractivity contribution in [3.05, 3.63) is 53.7 Å². The molecule has 7 nitrogen and oxygen atoms in total. The van der Waals surface area contributed by atoms with Crippen molar-refractivity contribution in [2.75, 3.05) is 31.5 Å². The van der Waals surface area contributed by atoms with Crippen molar-refractivity contribution in [3.63, 3.8) is 0 Å². The molecule has 128 valence electrons. The molecule has 1 saturated heterocycles. The van der Waals surface area contributed by atoms with Gasteiger partial charge in [-0.1, -0.05) is 6.07 Å². The summed E-state index contributed by atoms with van der Waals surface area (Å²) in [6.45, 7) is 2.06. The zero-order valence-electron chi connectivity index (χ0n) is 13.5. The smallest absolute Gasteiger partial charge is 0.322 e. The van der Waals surface area contributed by atoms with Crippen molar-refractivity contribution >= 4 is 33.8 Å². The Morgan fingerprint density at radius 1 is 1.04 bits per heavy atom. The fourth-order valence-corrected chi connectivity index (χ4v) is 3.52. The first-order valence-electron chi connectivity index (χ1n) is 8.03. The molecule has 4 heterocycles. The van der Waals surface area contributed by atoms with E-state index in [9.17, 15) is 9.59 Å². The van der Waals surface area contributed by atoms with Crippen LogP contribution in [0.4, 0.5) is 9.80 Å². The summed E-state index contributed by atoms with van der Waals surface area (Å²) in [7, 11) is 0. The van der Waals surface area contributed by atoms with E-state index in [1.165, 1.54) is 11.3 Å². The lowest BCUT2D eigenvalue weighted by molar-refractivity contribution is 0.0673. The number of carbonyl (C=O) groups excluding carboxylic acids is 2. The normalized spacial score (nSPS) is 14.7. The van der Waals surface area contributed by atoms with Gasteiger partial charge in [-0.15, -0.1) is 11.3 Å². The summed E-state index contributed by atoms with van der Waals surface area (Å²) >= 11 is 1.49. The van der Waals surface area contributed by atoms with Gasteiger partial charge in [0, 0.05) is 32.4 Å². The number of rotatable bonds is 2. The van der Waals surface area contributed by atoms with Gasteiger partial charge in [-0.3, -0.25) is 10.1 Å². The molecule has 0 aliphatic carbocycles. The molecule has 3 aromatic heterocycles. The number of nitrogens with one attached hydrogen (secondary N) is 1. The molecule has 3 aromatic rings. The van der Waals surface area contributed by atoms with Crippen LogP contribution in [0.2, 0.25) is 0 Å². The third-order valence-corrected chi connectivity index (χ3v) is 5.05. The summed E-state index contributed by atoms with van der Waals surface area (Å²) in [6.07, 6.45) is 3.42. The Morgan fingerprint density at radius 2 is 1.84 bits per heavy atom. The SMILES string of the molecule is O=C(Nc1cccs1)N1CCN(C(=O)c2cnn3ccccc23)CC1. The largest absolute Gasteiger partial charge is 0.335 e. The van der Waals surface area contributed by atoms with Gasteiger partial charge in [-0.25, -0.2) is 9.31 Å². The van der Waals surface area contributed by atoms with Gasteiger partial charge in [-0.2, -0.15) is 5.10 Å². The van der Waals surface area contributed by atoms with Gasteiger partial charge in [0.15, 0.2) is 0 Å². The summed E-state index contributed by atoms with van der Waals surface area (Å²) < 4.78 is 1.69. The number of aromatic nitrogens is 2. The number of hydrogen-bond donors (Lipinski definition) is 1. The van der Waals surface area contributed by atoms with E-state index in [-0.39, 0.29) is 11.9 Å². The molecule has 1 aliphatic rings. The number of pyridine rings is 1. The van der Waals surface area contributed by atoms with Crippen molar-refractivity contribution in [2.24, 2.45) is 0 Å². The summed E-state index contributed by atoms with van der Waals surface area (Å²) in [6, 6.07) is 9.29. The van der Waals surface area contributed by atoms with E-state index in [1.807, 2.05) is 41.9 Å². The number of piperazine rings is 1. The van der Waals surface area contributed by atoms with E-state index in [1.54, 1.807) is 20.5 Å². The van der Waals surface area contributed by atoms with E-state index in [2.05, 4.69) is 10.4 Å². The van der Waals surface area contributed by atoms with Gasteiger partial charge in [0.2, 0.25) is 0 Å². The molecule has 1 aliphatic heterocycles. The number of urea groups is 1. The molecule has 1 fully saturated rings. The van der Waals surface area contributed by atoms with E-state index >= 15 is 0 Å². The molecular weight excluding hydrogens is 338 g/mol. The van der Waals surface area contributed by atoms with Gasteiger partial charge >= 0.3 is 6.03 Å². The molecule has 8 heteroatoms. The number of carbonyl (C=O) groups is 2. The topological polar surface area (TPSA) is 70.0 Å². The number of hydrogen-bond acceptors (Lipinski definition) is 4. The third kappa shape index (κ3) is 3.08. The highest BCUT2D eigenvalue weighted by Gasteiger charge is 2.26. The molecule has 0 unspecified atom stereocenters. The Kier molecular flexibility index (Phi) is 4.10. The van der Waals surface area contributed by atoms with Crippen LogP contribution in [0, 0.1) is 0 Å². The van der Waals surface area contributed by atoms with Crippen LogP contribution < -0.4 is 5.32 Å². The van der Waals surface area contributed by atoms with E-state index in [0.29, 0.717) is 31.7 Å². The minimum absolute atomic E-state index is 0.0421. The Hall–Kier alpha value is -2.87. The maximum atomic E-state index is 12.8. The summed E-state index contributed by atoms with van der Waals surface area (Å²) in [5.41, 5.74) is 1.39. The zero-order chi connectivity index (χ0) is 17.2. The molecule has 0 radical (unpaired) electrons. The van der Waals surface area contributed by atoms with Crippen molar-refractivity contribution in [3.8, 4) is 0 Å². The number of thiophene rings is 1. The molecule has 0 atom stereocenters. The number of fused-ring (bicyclic) bond motifs is 1. The lowest BCUT2D eigenvalue weighted by Crippen LogP contribution is -2.51. The molecule has 4 rings (SSSR count). The van der Waals surface area contributed by atoms with Crippen LogP contribution in [0.3, 0.4) is 0 Å². The monoisotopic (exact) mass is 355 g/mol. The summed E-state index contributed by atoms with van der Waals surface area (Å²) in [4.78, 5) is 28.5. The van der Waals surface area contributed by atoms with Crippen LogP contribution in [0.1, 0.15) is 10.4 Å². The lowest BCUT2D eigenvalue weighted by atomic mass is 10.2. The van der Waals surface area contributed by atoms with Crippen LogP contribution >= 0.6 is 11.3 Å². The van der Waals surface area contributed by atoms with Crippen LogP contribution in [-0.4, -0.2) is 57.5 Å². The molecular formula is C17H17N5O2S. The lowest BCUT2D eigenvalue weighted by Gasteiger charge is -2.34. The van der Waals surface area contributed by atoms with Crippen molar-refractivity contribution in [1.82, 2.24) is 19.4 Å². The van der Waals surface area contributed by atoms with Gasteiger partial charge in [0.25, 0.3) is 5.91 Å². The van der Waals surface area contributed by atoms with Crippen molar-refractivity contribution in [2.45, 2.75) is 0 Å². The second-order valence-corrected chi connectivity index (χ2v) is 6.72. The average molecular weight is 355 g/mol. The average Bonchev–Trinajstić information content (AvgIpc) is 3.31. The highest BCUT2D eigenvalue weighted by Crippen LogP contribution is 2.17.